The number of halogens is 1. The average molecular weight is 294 g/mol. The number of ether oxygens (including phenoxy) is 1. The third-order valence-electron chi connectivity index (χ3n) is 2.04. The lowest BCUT2D eigenvalue weighted by Gasteiger charge is -2.07. The van der Waals surface area contributed by atoms with E-state index < -0.39 is 0 Å². The van der Waals surface area contributed by atoms with Crippen molar-refractivity contribution in [2.45, 2.75) is 0 Å². The molecule has 2 rings (SSSR count). The van der Waals surface area contributed by atoms with Crippen molar-refractivity contribution in [3.8, 4) is 5.75 Å². The van der Waals surface area contributed by atoms with Crippen molar-refractivity contribution in [1.82, 2.24) is 9.97 Å². The van der Waals surface area contributed by atoms with Crippen molar-refractivity contribution in [2.75, 3.05) is 18.5 Å². The van der Waals surface area contributed by atoms with Crippen molar-refractivity contribution in [3.63, 3.8) is 0 Å². The summed E-state index contributed by atoms with van der Waals surface area (Å²) in [6.07, 6.45) is 4.97. The number of hydrogen-bond donors (Lipinski definition) is 1. The maximum Gasteiger partial charge on any atom is 0.144 e. The van der Waals surface area contributed by atoms with Gasteiger partial charge in [0.25, 0.3) is 0 Å². The molecule has 1 aromatic carbocycles. The average Bonchev–Trinajstić information content (AvgIpc) is 2.36. The zero-order chi connectivity index (χ0) is 11.9. The lowest BCUT2D eigenvalue weighted by atomic mass is 10.3. The lowest BCUT2D eigenvalue weighted by Crippen LogP contribution is -2.12. The van der Waals surface area contributed by atoms with Gasteiger partial charge in [0.05, 0.1) is 12.7 Å². The summed E-state index contributed by atoms with van der Waals surface area (Å²) >= 11 is 3.39. The molecule has 1 N–H and O–H groups in total. The van der Waals surface area contributed by atoms with Gasteiger partial charge in [0.2, 0.25) is 0 Å². The van der Waals surface area contributed by atoms with Crippen LogP contribution in [-0.4, -0.2) is 23.1 Å². The Bertz CT molecular complexity index is 464. The Kier molecular flexibility index (Phi) is 4.32. The third kappa shape index (κ3) is 4.03. The molecule has 4 nitrogen and oxygen atoms in total. The van der Waals surface area contributed by atoms with Gasteiger partial charge < -0.3 is 10.1 Å². The van der Waals surface area contributed by atoms with E-state index in [1.165, 1.54) is 0 Å². The van der Waals surface area contributed by atoms with Crippen LogP contribution in [-0.2, 0) is 0 Å². The molecule has 1 heterocycles. The second kappa shape index (κ2) is 6.20. The fraction of sp³-hybridized carbons (Fsp3) is 0.167. The van der Waals surface area contributed by atoms with Crippen molar-refractivity contribution >= 4 is 21.7 Å². The summed E-state index contributed by atoms with van der Waals surface area (Å²) in [6, 6.07) is 7.76. The molecule has 0 aliphatic carbocycles. The zero-order valence-corrected chi connectivity index (χ0v) is 10.7. The largest absolute Gasteiger partial charge is 0.492 e. The van der Waals surface area contributed by atoms with E-state index in [9.17, 15) is 0 Å². The molecule has 0 aliphatic rings. The van der Waals surface area contributed by atoms with Crippen LogP contribution in [0.15, 0.2) is 47.3 Å². The van der Waals surface area contributed by atoms with Crippen LogP contribution in [0.5, 0.6) is 5.75 Å². The minimum Gasteiger partial charge on any atom is -0.492 e. The minimum absolute atomic E-state index is 0.576. The van der Waals surface area contributed by atoms with E-state index in [-0.39, 0.29) is 0 Å². The topological polar surface area (TPSA) is 47.0 Å². The Morgan fingerprint density at radius 2 is 2.24 bits per heavy atom. The predicted octanol–water partition coefficient (Wildman–Crippen LogP) is 2.73. The first-order valence-electron chi connectivity index (χ1n) is 5.23. The summed E-state index contributed by atoms with van der Waals surface area (Å²) in [7, 11) is 0. The summed E-state index contributed by atoms with van der Waals surface area (Å²) in [5.74, 6) is 1.60. The highest BCUT2D eigenvalue weighted by molar-refractivity contribution is 9.10. The van der Waals surface area contributed by atoms with Crippen LogP contribution < -0.4 is 10.1 Å². The molecule has 5 heteroatoms. The van der Waals surface area contributed by atoms with Crippen LogP contribution in [0.2, 0.25) is 0 Å². The molecule has 0 bridgehead atoms. The molecule has 0 fully saturated rings. The van der Waals surface area contributed by atoms with Gasteiger partial charge in [-0.15, -0.1) is 0 Å². The van der Waals surface area contributed by atoms with Gasteiger partial charge in [-0.2, -0.15) is 0 Å². The van der Waals surface area contributed by atoms with Gasteiger partial charge in [-0.1, -0.05) is 22.0 Å². The highest BCUT2D eigenvalue weighted by Crippen LogP contribution is 2.17. The SMILES string of the molecule is Brc1cccc(OCCNc2cnccn2)c1. The molecule has 88 valence electrons. The highest BCUT2D eigenvalue weighted by atomic mass is 79.9. The quantitative estimate of drug-likeness (QED) is 0.861. The van der Waals surface area contributed by atoms with Gasteiger partial charge >= 0.3 is 0 Å². The molecule has 1 aromatic heterocycles. The van der Waals surface area contributed by atoms with Gasteiger partial charge in [0, 0.05) is 16.9 Å². The van der Waals surface area contributed by atoms with Crippen LogP contribution in [0, 0.1) is 0 Å². The first-order chi connectivity index (χ1) is 8.34. The maximum absolute atomic E-state index is 5.57. The van der Waals surface area contributed by atoms with Gasteiger partial charge in [-0.25, -0.2) is 4.98 Å². The Morgan fingerprint density at radius 1 is 1.29 bits per heavy atom. The van der Waals surface area contributed by atoms with Gasteiger partial charge in [-0.05, 0) is 18.2 Å². The van der Waals surface area contributed by atoms with Crippen molar-refractivity contribution in [2.24, 2.45) is 0 Å². The molecular weight excluding hydrogens is 282 g/mol. The Hall–Kier alpha value is -1.62. The number of nitrogens with one attached hydrogen (secondary N) is 1. The van der Waals surface area contributed by atoms with Crippen molar-refractivity contribution < 1.29 is 4.74 Å². The van der Waals surface area contributed by atoms with E-state index in [1.807, 2.05) is 24.3 Å². The first-order valence-corrected chi connectivity index (χ1v) is 6.02. The molecule has 0 saturated heterocycles. The second-order valence-corrected chi connectivity index (χ2v) is 4.24. The fourth-order valence-electron chi connectivity index (χ4n) is 1.30. The van der Waals surface area contributed by atoms with Gasteiger partial charge in [0.15, 0.2) is 0 Å². The second-order valence-electron chi connectivity index (χ2n) is 3.32. The summed E-state index contributed by atoms with van der Waals surface area (Å²) in [5, 5.41) is 3.12. The molecular formula is C12H12BrN3O. The van der Waals surface area contributed by atoms with Crippen LogP contribution >= 0.6 is 15.9 Å². The highest BCUT2D eigenvalue weighted by Gasteiger charge is 1.95. The number of anilines is 1. The fourth-order valence-corrected chi connectivity index (χ4v) is 1.67. The van der Waals surface area contributed by atoms with Crippen LogP contribution in [0.4, 0.5) is 5.82 Å². The third-order valence-corrected chi connectivity index (χ3v) is 2.53. The van der Waals surface area contributed by atoms with Crippen LogP contribution in [0.1, 0.15) is 0 Å². The molecule has 0 spiro atoms. The minimum atomic E-state index is 0.576. The molecule has 0 aliphatic heterocycles. The Balaban J connectivity index is 1.73. The molecule has 0 saturated carbocycles. The van der Waals surface area contributed by atoms with E-state index in [2.05, 4.69) is 31.2 Å². The lowest BCUT2D eigenvalue weighted by molar-refractivity contribution is 0.332. The number of benzene rings is 1. The monoisotopic (exact) mass is 293 g/mol. The number of aromatic nitrogens is 2. The summed E-state index contributed by atoms with van der Waals surface area (Å²) in [6.45, 7) is 1.26. The maximum atomic E-state index is 5.57. The number of rotatable bonds is 5. The number of hydrogen-bond acceptors (Lipinski definition) is 4. The first kappa shape index (κ1) is 11.9. The molecule has 17 heavy (non-hydrogen) atoms. The smallest absolute Gasteiger partial charge is 0.144 e. The van der Waals surface area contributed by atoms with E-state index in [0.717, 1.165) is 16.0 Å². The Labute approximate surface area is 108 Å². The van der Waals surface area contributed by atoms with E-state index >= 15 is 0 Å². The summed E-state index contributed by atoms with van der Waals surface area (Å²) < 4.78 is 6.58. The summed E-state index contributed by atoms with van der Waals surface area (Å²) in [4.78, 5) is 8.06. The summed E-state index contributed by atoms with van der Waals surface area (Å²) in [5.41, 5.74) is 0. The van der Waals surface area contributed by atoms with Crippen molar-refractivity contribution in [3.05, 3.63) is 47.3 Å². The molecule has 0 unspecified atom stereocenters. The van der Waals surface area contributed by atoms with E-state index in [4.69, 9.17) is 4.74 Å². The van der Waals surface area contributed by atoms with Crippen LogP contribution in [0.3, 0.4) is 0 Å². The van der Waals surface area contributed by atoms with Gasteiger partial charge in [0.1, 0.15) is 18.2 Å². The number of nitrogens with zero attached hydrogens (tertiary/aromatic N) is 2. The normalized spacial score (nSPS) is 9.94. The van der Waals surface area contributed by atoms with E-state index in [0.29, 0.717) is 13.2 Å². The van der Waals surface area contributed by atoms with Gasteiger partial charge in [-0.3, -0.25) is 4.98 Å². The molecule has 0 atom stereocenters. The Morgan fingerprint density at radius 3 is 3.00 bits per heavy atom. The molecule has 0 radical (unpaired) electrons. The van der Waals surface area contributed by atoms with Crippen molar-refractivity contribution in [1.29, 1.82) is 0 Å². The van der Waals surface area contributed by atoms with E-state index in [1.54, 1.807) is 18.6 Å². The van der Waals surface area contributed by atoms with Crippen LogP contribution in [0.25, 0.3) is 0 Å². The molecule has 2 aromatic rings. The molecule has 0 amide bonds. The standard InChI is InChI=1S/C12H12BrN3O/c13-10-2-1-3-11(8-10)17-7-6-16-12-9-14-4-5-15-12/h1-5,8-9H,6-7H2,(H,15,16). The predicted molar refractivity (Wildman–Crippen MR) is 70.2 cm³/mol. The zero-order valence-electron chi connectivity index (χ0n) is 9.14.